The summed E-state index contributed by atoms with van der Waals surface area (Å²) in [5, 5.41) is 12.5. The van der Waals surface area contributed by atoms with Crippen molar-refractivity contribution in [2.45, 2.75) is 30.0 Å². The molecule has 3 rings (SSSR count). The van der Waals surface area contributed by atoms with E-state index in [1.54, 1.807) is 18.2 Å². The van der Waals surface area contributed by atoms with Gasteiger partial charge in [-0.05, 0) is 38.1 Å². The number of halogens is 2. The molecule has 3 aromatic rings. The summed E-state index contributed by atoms with van der Waals surface area (Å²) in [4.78, 5) is 20.8. The fourth-order valence-corrected chi connectivity index (χ4v) is 3.85. The highest BCUT2D eigenvalue weighted by molar-refractivity contribution is 7.99. The number of rotatable bonds is 7. The number of carbonyl (C=O) groups is 1. The Kier molecular flexibility index (Phi) is 7.17. The van der Waals surface area contributed by atoms with Crippen LogP contribution in [0.15, 0.2) is 39.1 Å². The fourth-order valence-electron chi connectivity index (χ4n) is 2.15. The molecule has 0 aliphatic rings. The SMILES string of the molecule is Cc1cc(C)nc(SCc2nnc(SCC(=O)Nc3cc(Cl)ccc3Cl)o2)n1. The molecule has 2 heterocycles. The zero-order valence-corrected chi connectivity index (χ0v) is 18.0. The number of hydrogen-bond donors (Lipinski definition) is 1. The zero-order valence-electron chi connectivity index (χ0n) is 14.9. The topological polar surface area (TPSA) is 93.8 Å². The number of amides is 1. The maximum atomic E-state index is 12.1. The van der Waals surface area contributed by atoms with Crippen LogP contribution in [0.3, 0.4) is 0 Å². The van der Waals surface area contributed by atoms with Crippen LogP contribution in [0, 0.1) is 13.8 Å². The van der Waals surface area contributed by atoms with Gasteiger partial charge in [-0.15, -0.1) is 10.2 Å². The van der Waals surface area contributed by atoms with Crippen LogP contribution in [-0.2, 0) is 10.5 Å². The van der Waals surface area contributed by atoms with Crippen molar-refractivity contribution in [3.05, 3.63) is 51.6 Å². The summed E-state index contributed by atoms with van der Waals surface area (Å²) in [7, 11) is 0. The zero-order chi connectivity index (χ0) is 20.1. The summed E-state index contributed by atoms with van der Waals surface area (Å²) in [6.45, 7) is 3.84. The van der Waals surface area contributed by atoms with Gasteiger partial charge in [0, 0.05) is 16.4 Å². The summed E-state index contributed by atoms with van der Waals surface area (Å²) in [5.74, 6) is 0.721. The molecule has 1 N–H and O–H groups in total. The van der Waals surface area contributed by atoms with Crippen LogP contribution in [0.4, 0.5) is 5.69 Å². The molecule has 0 fully saturated rings. The lowest BCUT2D eigenvalue weighted by Crippen LogP contribution is -2.14. The first-order chi connectivity index (χ1) is 13.4. The summed E-state index contributed by atoms with van der Waals surface area (Å²) >= 11 is 14.5. The minimum absolute atomic E-state index is 0.0950. The van der Waals surface area contributed by atoms with Gasteiger partial charge in [0.2, 0.25) is 11.8 Å². The number of nitrogens with one attached hydrogen (secondary N) is 1. The maximum Gasteiger partial charge on any atom is 0.277 e. The lowest BCUT2D eigenvalue weighted by atomic mass is 10.3. The highest BCUT2D eigenvalue weighted by Crippen LogP contribution is 2.26. The first kappa shape index (κ1) is 20.9. The van der Waals surface area contributed by atoms with Crippen LogP contribution in [0.25, 0.3) is 0 Å². The monoisotopic (exact) mass is 455 g/mol. The molecule has 0 aliphatic carbocycles. The first-order valence-corrected chi connectivity index (χ1v) is 10.8. The summed E-state index contributed by atoms with van der Waals surface area (Å²) in [6.07, 6.45) is 0. The molecule has 1 aromatic carbocycles. The summed E-state index contributed by atoms with van der Waals surface area (Å²) < 4.78 is 5.55. The molecule has 0 unspecified atom stereocenters. The highest BCUT2D eigenvalue weighted by Gasteiger charge is 2.12. The van der Waals surface area contributed by atoms with Crippen molar-refractivity contribution < 1.29 is 9.21 Å². The molecule has 7 nitrogen and oxygen atoms in total. The number of aryl methyl sites for hydroxylation is 2. The van der Waals surface area contributed by atoms with Crippen molar-refractivity contribution in [3.8, 4) is 0 Å². The third kappa shape index (κ3) is 6.10. The van der Waals surface area contributed by atoms with Gasteiger partial charge < -0.3 is 9.73 Å². The molecule has 146 valence electrons. The van der Waals surface area contributed by atoms with Crippen molar-refractivity contribution in [1.29, 1.82) is 0 Å². The molecule has 0 bridgehead atoms. The van der Waals surface area contributed by atoms with Gasteiger partial charge in [0.25, 0.3) is 5.22 Å². The van der Waals surface area contributed by atoms with Crippen LogP contribution in [-0.4, -0.2) is 31.8 Å². The Morgan fingerprint density at radius 3 is 2.61 bits per heavy atom. The Labute approximate surface area is 180 Å². The van der Waals surface area contributed by atoms with Gasteiger partial charge in [0.1, 0.15) is 0 Å². The van der Waals surface area contributed by atoms with Crippen molar-refractivity contribution in [2.24, 2.45) is 0 Å². The predicted octanol–water partition coefficient (Wildman–Crippen LogP) is 4.81. The van der Waals surface area contributed by atoms with Gasteiger partial charge in [-0.25, -0.2) is 9.97 Å². The Morgan fingerprint density at radius 2 is 1.86 bits per heavy atom. The van der Waals surface area contributed by atoms with Crippen molar-refractivity contribution in [1.82, 2.24) is 20.2 Å². The molecule has 0 radical (unpaired) electrons. The number of nitrogens with zero attached hydrogens (tertiary/aromatic N) is 4. The largest absolute Gasteiger partial charge is 0.415 e. The Morgan fingerprint density at radius 1 is 1.11 bits per heavy atom. The molecule has 0 spiro atoms. The van der Waals surface area contributed by atoms with Crippen LogP contribution in [0.5, 0.6) is 0 Å². The predicted molar refractivity (Wildman–Crippen MR) is 111 cm³/mol. The Hall–Kier alpha value is -1.81. The average Bonchev–Trinajstić information content (AvgIpc) is 3.08. The number of thioether (sulfide) groups is 2. The Balaban J connectivity index is 1.50. The van der Waals surface area contributed by atoms with E-state index < -0.39 is 0 Å². The van der Waals surface area contributed by atoms with Crippen LogP contribution in [0.1, 0.15) is 17.3 Å². The smallest absolute Gasteiger partial charge is 0.277 e. The third-order valence-electron chi connectivity index (χ3n) is 3.26. The maximum absolute atomic E-state index is 12.1. The fraction of sp³-hybridized carbons (Fsp3) is 0.235. The quantitative estimate of drug-likeness (QED) is 0.400. The van der Waals surface area contributed by atoms with Gasteiger partial charge in [-0.3, -0.25) is 4.79 Å². The molecule has 0 saturated heterocycles. The van der Waals surface area contributed by atoms with E-state index in [-0.39, 0.29) is 11.7 Å². The molecule has 11 heteroatoms. The van der Waals surface area contributed by atoms with Gasteiger partial charge in [0.15, 0.2) is 5.16 Å². The Bertz CT molecular complexity index is 979. The molecule has 0 aliphatic heterocycles. The minimum atomic E-state index is -0.257. The van der Waals surface area contributed by atoms with Crippen molar-refractivity contribution in [3.63, 3.8) is 0 Å². The van der Waals surface area contributed by atoms with Gasteiger partial charge in [0.05, 0.1) is 22.2 Å². The number of aromatic nitrogens is 4. The first-order valence-electron chi connectivity index (χ1n) is 8.04. The van der Waals surface area contributed by atoms with Gasteiger partial charge >= 0.3 is 0 Å². The van der Waals surface area contributed by atoms with E-state index in [1.807, 2.05) is 19.9 Å². The number of hydrogen-bond acceptors (Lipinski definition) is 8. The summed E-state index contributed by atoms with van der Waals surface area (Å²) in [5.41, 5.74) is 2.26. The highest BCUT2D eigenvalue weighted by atomic mass is 35.5. The summed E-state index contributed by atoms with van der Waals surface area (Å²) in [6, 6.07) is 6.76. The molecular formula is C17H15Cl2N5O2S2. The molecule has 28 heavy (non-hydrogen) atoms. The molecule has 0 saturated carbocycles. The minimum Gasteiger partial charge on any atom is -0.415 e. The van der Waals surface area contributed by atoms with Crippen LogP contribution < -0.4 is 5.32 Å². The standard InChI is InChI=1S/C17H15Cl2N5O2S2/c1-9-5-10(2)21-16(20-9)27-8-15-23-24-17(26-15)28-7-14(25)22-13-6-11(18)3-4-12(13)19/h3-6H,7-8H2,1-2H3,(H,22,25). The number of anilines is 1. The van der Waals surface area contributed by atoms with Crippen molar-refractivity contribution in [2.75, 3.05) is 11.1 Å². The second kappa shape index (κ2) is 9.60. The normalized spacial score (nSPS) is 10.9. The second-order valence-electron chi connectivity index (χ2n) is 5.64. The number of carbonyl (C=O) groups excluding carboxylic acids is 1. The molecular weight excluding hydrogens is 441 g/mol. The molecule has 0 atom stereocenters. The van der Waals surface area contributed by atoms with E-state index in [0.717, 1.165) is 23.1 Å². The van der Waals surface area contributed by atoms with E-state index in [4.69, 9.17) is 27.6 Å². The van der Waals surface area contributed by atoms with E-state index >= 15 is 0 Å². The lowest BCUT2D eigenvalue weighted by Gasteiger charge is -2.06. The van der Waals surface area contributed by atoms with Crippen molar-refractivity contribution >= 4 is 58.3 Å². The van der Waals surface area contributed by atoms with Gasteiger partial charge in [-0.1, -0.05) is 46.7 Å². The lowest BCUT2D eigenvalue weighted by molar-refractivity contribution is -0.113. The number of benzene rings is 1. The van der Waals surface area contributed by atoms with E-state index in [9.17, 15) is 4.79 Å². The van der Waals surface area contributed by atoms with Crippen LogP contribution in [0.2, 0.25) is 10.0 Å². The molecule has 2 aromatic heterocycles. The van der Waals surface area contributed by atoms with E-state index in [0.29, 0.717) is 37.8 Å². The van der Waals surface area contributed by atoms with Gasteiger partial charge in [-0.2, -0.15) is 0 Å². The van der Waals surface area contributed by atoms with E-state index in [1.165, 1.54) is 11.8 Å². The van der Waals surface area contributed by atoms with E-state index in [2.05, 4.69) is 25.5 Å². The average molecular weight is 456 g/mol. The molecule has 1 amide bonds. The second-order valence-corrected chi connectivity index (χ2v) is 8.36. The third-order valence-corrected chi connectivity index (χ3v) is 5.48. The van der Waals surface area contributed by atoms with Crippen LogP contribution >= 0.6 is 46.7 Å².